The molecule has 1 fully saturated rings. The van der Waals surface area contributed by atoms with Crippen molar-refractivity contribution in [2.75, 3.05) is 16.4 Å². The molecule has 2 aromatic rings. The molecule has 8 heteroatoms. The van der Waals surface area contributed by atoms with Crippen molar-refractivity contribution < 1.29 is 22.4 Å². The van der Waals surface area contributed by atoms with E-state index in [0.29, 0.717) is 17.5 Å². The first-order valence-electron chi connectivity index (χ1n) is 8.83. The first-order chi connectivity index (χ1) is 13.4. The van der Waals surface area contributed by atoms with Crippen molar-refractivity contribution in [2.45, 2.75) is 18.4 Å². The maximum atomic E-state index is 14.3. The number of benzene rings is 2. The molecule has 0 N–H and O–H groups in total. The Bertz CT molecular complexity index is 1100. The summed E-state index contributed by atoms with van der Waals surface area (Å²) in [5, 5.41) is 0. The summed E-state index contributed by atoms with van der Waals surface area (Å²) in [7, 11) is -3.10. The smallest absolute Gasteiger partial charge is 0.265 e. The number of sulfone groups is 1. The lowest BCUT2D eigenvalue weighted by atomic mass is 9.88. The molecule has 144 valence electrons. The van der Waals surface area contributed by atoms with Gasteiger partial charge in [0.1, 0.15) is 5.82 Å². The molecule has 2 heterocycles. The molecular weight excluding hydrogens is 383 g/mol. The van der Waals surface area contributed by atoms with Gasteiger partial charge in [0.2, 0.25) is 5.91 Å². The SMILES string of the molecule is O=C1c2ccccc2[C@@H](C=N[C@@H]2CCS(=O)(=O)C2)C(=O)N1c1ccccc1F. The first kappa shape index (κ1) is 18.5. The number of rotatable bonds is 3. The quantitative estimate of drug-likeness (QED) is 0.585. The molecule has 2 atom stereocenters. The number of halogens is 1. The summed E-state index contributed by atoms with van der Waals surface area (Å²) in [5.74, 6) is -2.76. The van der Waals surface area contributed by atoms with Crippen LogP contribution in [-0.4, -0.2) is 44.0 Å². The number of anilines is 1. The third-order valence-corrected chi connectivity index (χ3v) is 6.71. The molecule has 0 bridgehead atoms. The molecule has 4 rings (SSSR count). The monoisotopic (exact) mass is 400 g/mol. The van der Waals surface area contributed by atoms with Crippen molar-refractivity contribution in [1.29, 1.82) is 0 Å². The highest BCUT2D eigenvalue weighted by Gasteiger charge is 2.40. The van der Waals surface area contributed by atoms with Crippen molar-refractivity contribution in [2.24, 2.45) is 4.99 Å². The second-order valence-corrected chi connectivity index (χ2v) is 9.08. The Morgan fingerprint density at radius 1 is 1.07 bits per heavy atom. The van der Waals surface area contributed by atoms with E-state index in [-0.39, 0.29) is 17.2 Å². The van der Waals surface area contributed by atoms with Crippen molar-refractivity contribution in [3.05, 3.63) is 65.5 Å². The summed E-state index contributed by atoms with van der Waals surface area (Å²) in [6, 6.07) is 11.8. The Morgan fingerprint density at radius 2 is 1.79 bits per heavy atom. The maximum absolute atomic E-state index is 14.3. The van der Waals surface area contributed by atoms with Crippen LogP contribution in [0.5, 0.6) is 0 Å². The van der Waals surface area contributed by atoms with Gasteiger partial charge in [-0.3, -0.25) is 14.6 Å². The number of amides is 2. The van der Waals surface area contributed by atoms with Gasteiger partial charge in [0.15, 0.2) is 9.84 Å². The van der Waals surface area contributed by atoms with Crippen LogP contribution in [0.4, 0.5) is 10.1 Å². The van der Waals surface area contributed by atoms with Gasteiger partial charge >= 0.3 is 0 Å². The van der Waals surface area contributed by atoms with Gasteiger partial charge in [0, 0.05) is 11.8 Å². The van der Waals surface area contributed by atoms with Crippen LogP contribution in [0.15, 0.2) is 53.5 Å². The molecule has 6 nitrogen and oxygen atoms in total. The van der Waals surface area contributed by atoms with E-state index in [2.05, 4.69) is 4.99 Å². The summed E-state index contributed by atoms with van der Waals surface area (Å²) in [6.45, 7) is 0. The van der Waals surface area contributed by atoms with E-state index in [1.165, 1.54) is 24.4 Å². The van der Waals surface area contributed by atoms with Gasteiger partial charge in [-0.25, -0.2) is 17.7 Å². The minimum absolute atomic E-state index is 0.0536. The third-order valence-electron chi connectivity index (χ3n) is 4.96. The van der Waals surface area contributed by atoms with E-state index in [1.807, 2.05) is 0 Å². The Kier molecular flexibility index (Phi) is 4.58. The molecule has 0 spiro atoms. The molecule has 1 saturated heterocycles. The molecule has 2 amide bonds. The number of carbonyl (C=O) groups is 2. The predicted molar refractivity (Wildman–Crippen MR) is 103 cm³/mol. The molecule has 0 radical (unpaired) electrons. The molecular formula is C20H17FN2O4S. The zero-order valence-corrected chi connectivity index (χ0v) is 15.6. The predicted octanol–water partition coefficient (Wildman–Crippen LogP) is 2.35. The van der Waals surface area contributed by atoms with Gasteiger partial charge < -0.3 is 0 Å². The maximum Gasteiger partial charge on any atom is 0.265 e. The summed E-state index contributed by atoms with van der Waals surface area (Å²) in [4.78, 5) is 31.1. The van der Waals surface area contributed by atoms with E-state index in [0.717, 1.165) is 4.90 Å². The normalized spacial score (nSPS) is 24.0. The third kappa shape index (κ3) is 3.24. The van der Waals surface area contributed by atoms with Gasteiger partial charge in [0.25, 0.3) is 5.91 Å². The van der Waals surface area contributed by atoms with Gasteiger partial charge in [0.05, 0.1) is 29.2 Å². The van der Waals surface area contributed by atoms with Crippen LogP contribution in [0.25, 0.3) is 0 Å². The highest BCUT2D eigenvalue weighted by molar-refractivity contribution is 7.91. The fourth-order valence-corrected chi connectivity index (χ4v) is 5.20. The standard InChI is InChI=1S/C20H17FN2O4S/c21-17-7-3-4-8-18(17)23-19(24)15-6-2-1-5-14(15)16(20(23)25)11-22-13-9-10-28(26,27)12-13/h1-8,11,13,16H,9-10,12H2/t13-,16-/m1/s1. The lowest BCUT2D eigenvalue weighted by Crippen LogP contribution is -2.46. The van der Waals surface area contributed by atoms with Gasteiger partial charge in [-0.15, -0.1) is 0 Å². The minimum atomic E-state index is -3.10. The fraction of sp³-hybridized carbons (Fsp3) is 0.250. The van der Waals surface area contributed by atoms with E-state index in [1.54, 1.807) is 30.3 Å². The summed E-state index contributed by atoms with van der Waals surface area (Å²) < 4.78 is 37.6. The Labute approximate surface area is 161 Å². The zero-order valence-electron chi connectivity index (χ0n) is 14.8. The number of hydrogen-bond acceptors (Lipinski definition) is 5. The van der Waals surface area contributed by atoms with E-state index >= 15 is 0 Å². The highest BCUT2D eigenvalue weighted by atomic mass is 32.2. The molecule has 2 aliphatic rings. The van der Waals surface area contributed by atoms with Crippen LogP contribution in [-0.2, 0) is 14.6 Å². The van der Waals surface area contributed by atoms with Crippen LogP contribution < -0.4 is 4.90 Å². The minimum Gasteiger partial charge on any atom is -0.292 e. The topological polar surface area (TPSA) is 83.9 Å². The van der Waals surface area contributed by atoms with Crippen LogP contribution in [0.2, 0.25) is 0 Å². The van der Waals surface area contributed by atoms with Crippen molar-refractivity contribution in [3.63, 3.8) is 0 Å². The van der Waals surface area contributed by atoms with Crippen LogP contribution in [0.3, 0.4) is 0 Å². The fourth-order valence-electron chi connectivity index (χ4n) is 3.56. The zero-order chi connectivity index (χ0) is 19.9. The summed E-state index contributed by atoms with van der Waals surface area (Å²) >= 11 is 0. The number of nitrogens with zero attached hydrogens (tertiary/aromatic N) is 2. The number of carbonyl (C=O) groups excluding carboxylic acids is 2. The second-order valence-electron chi connectivity index (χ2n) is 6.85. The van der Waals surface area contributed by atoms with Crippen molar-refractivity contribution in [1.82, 2.24) is 0 Å². The van der Waals surface area contributed by atoms with E-state index in [4.69, 9.17) is 0 Å². The van der Waals surface area contributed by atoms with Crippen molar-refractivity contribution >= 4 is 33.6 Å². The van der Waals surface area contributed by atoms with E-state index < -0.39 is 39.4 Å². The number of para-hydroxylation sites is 1. The molecule has 2 aromatic carbocycles. The van der Waals surface area contributed by atoms with E-state index in [9.17, 15) is 22.4 Å². The average Bonchev–Trinajstić information content (AvgIpc) is 3.02. The lowest BCUT2D eigenvalue weighted by molar-refractivity contribution is -0.118. The molecule has 0 saturated carbocycles. The largest absolute Gasteiger partial charge is 0.292 e. The summed E-state index contributed by atoms with van der Waals surface area (Å²) in [6.07, 6.45) is 1.80. The molecule has 0 aliphatic carbocycles. The Balaban J connectivity index is 1.75. The molecule has 0 unspecified atom stereocenters. The number of imide groups is 1. The Morgan fingerprint density at radius 3 is 2.50 bits per heavy atom. The van der Waals surface area contributed by atoms with Gasteiger partial charge in [-0.05, 0) is 30.2 Å². The number of fused-ring (bicyclic) bond motifs is 1. The number of hydrogen-bond donors (Lipinski definition) is 0. The molecule has 28 heavy (non-hydrogen) atoms. The van der Waals surface area contributed by atoms with Crippen LogP contribution >= 0.6 is 0 Å². The van der Waals surface area contributed by atoms with Gasteiger partial charge in [-0.1, -0.05) is 30.3 Å². The van der Waals surface area contributed by atoms with Crippen LogP contribution in [0.1, 0.15) is 28.3 Å². The molecule has 0 aromatic heterocycles. The molecule has 2 aliphatic heterocycles. The summed E-state index contributed by atoms with van der Waals surface area (Å²) in [5.41, 5.74) is 0.657. The number of aliphatic imine (C=N–C) groups is 1. The highest BCUT2D eigenvalue weighted by Crippen LogP contribution is 2.33. The van der Waals surface area contributed by atoms with Gasteiger partial charge in [-0.2, -0.15) is 0 Å². The lowest BCUT2D eigenvalue weighted by Gasteiger charge is -2.31. The average molecular weight is 400 g/mol. The second kappa shape index (κ2) is 6.94. The van der Waals surface area contributed by atoms with Crippen LogP contribution in [0, 0.1) is 5.82 Å². The van der Waals surface area contributed by atoms with Crippen molar-refractivity contribution in [3.8, 4) is 0 Å². The first-order valence-corrected chi connectivity index (χ1v) is 10.6. The Hall–Kier alpha value is -2.87.